The van der Waals surface area contributed by atoms with E-state index in [1.165, 1.54) is 15.6 Å². The maximum absolute atomic E-state index is 12.8. The minimum Gasteiger partial charge on any atom is -0.315 e. The molecule has 1 saturated heterocycles. The predicted molar refractivity (Wildman–Crippen MR) is 100 cm³/mol. The SMILES string of the molecule is Cc1ccc(S(=O)(=O)N2CCCC(C(=O)N(C)c3ccccc3)C2)s1. The van der Waals surface area contributed by atoms with Crippen LogP contribution >= 0.6 is 11.3 Å². The number of benzene rings is 1. The van der Waals surface area contributed by atoms with Gasteiger partial charge in [0.05, 0.1) is 5.92 Å². The highest BCUT2D eigenvalue weighted by Gasteiger charge is 2.35. The Morgan fingerprint density at radius 2 is 1.92 bits per heavy atom. The van der Waals surface area contributed by atoms with E-state index in [9.17, 15) is 13.2 Å². The molecule has 1 aromatic heterocycles. The number of piperidine rings is 1. The molecule has 0 N–H and O–H groups in total. The molecular formula is C18H22N2O3S2. The molecule has 134 valence electrons. The van der Waals surface area contributed by atoms with Crippen LogP contribution in [-0.4, -0.2) is 38.8 Å². The summed E-state index contributed by atoms with van der Waals surface area (Å²) >= 11 is 1.28. The van der Waals surface area contributed by atoms with Gasteiger partial charge in [0.2, 0.25) is 5.91 Å². The lowest BCUT2D eigenvalue weighted by Crippen LogP contribution is -2.45. The zero-order valence-corrected chi connectivity index (χ0v) is 16.0. The smallest absolute Gasteiger partial charge is 0.252 e. The molecule has 1 unspecified atom stereocenters. The van der Waals surface area contributed by atoms with Gasteiger partial charge < -0.3 is 4.90 Å². The summed E-state index contributed by atoms with van der Waals surface area (Å²) in [6.07, 6.45) is 1.41. The highest BCUT2D eigenvalue weighted by Crippen LogP contribution is 2.29. The van der Waals surface area contributed by atoms with Crippen molar-refractivity contribution in [2.45, 2.75) is 24.0 Å². The molecule has 5 nitrogen and oxygen atoms in total. The molecule has 3 rings (SSSR count). The Morgan fingerprint density at radius 3 is 2.56 bits per heavy atom. The van der Waals surface area contributed by atoms with Gasteiger partial charge in [0.1, 0.15) is 4.21 Å². The summed E-state index contributed by atoms with van der Waals surface area (Å²) in [6, 6.07) is 12.9. The van der Waals surface area contributed by atoms with Crippen molar-refractivity contribution in [3.8, 4) is 0 Å². The summed E-state index contributed by atoms with van der Waals surface area (Å²) in [6.45, 7) is 2.61. The van der Waals surface area contributed by atoms with E-state index in [-0.39, 0.29) is 18.4 Å². The number of amides is 1. The van der Waals surface area contributed by atoms with Crippen molar-refractivity contribution < 1.29 is 13.2 Å². The molecule has 0 bridgehead atoms. The summed E-state index contributed by atoms with van der Waals surface area (Å²) in [5, 5.41) is 0. The molecule has 2 heterocycles. The average Bonchev–Trinajstić information content (AvgIpc) is 3.08. The molecule has 1 atom stereocenters. The Kier molecular flexibility index (Phi) is 5.27. The number of rotatable bonds is 4. The summed E-state index contributed by atoms with van der Waals surface area (Å²) < 4.78 is 27.5. The molecule has 1 aliphatic rings. The van der Waals surface area contributed by atoms with Crippen LogP contribution in [-0.2, 0) is 14.8 Å². The van der Waals surface area contributed by atoms with Crippen molar-refractivity contribution in [2.75, 3.05) is 25.0 Å². The fourth-order valence-electron chi connectivity index (χ4n) is 3.09. The normalized spacial score (nSPS) is 18.9. The number of carbonyl (C=O) groups excluding carboxylic acids is 1. The first-order valence-electron chi connectivity index (χ1n) is 8.29. The van der Waals surface area contributed by atoms with E-state index in [2.05, 4.69) is 0 Å². The van der Waals surface area contributed by atoms with Crippen LogP contribution in [0.2, 0.25) is 0 Å². The standard InChI is InChI=1S/C18H22N2O3S2/c1-14-10-11-17(24-14)25(22,23)20-12-6-7-15(13-20)18(21)19(2)16-8-4-3-5-9-16/h3-5,8-11,15H,6-7,12-13H2,1-2H3. The van der Waals surface area contributed by atoms with E-state index in [1.54, 1.807) is 18.0 Å². The maximum atomic E-state index is 12.8. The van der Waals surface area contributed by atoms with Crippen LogP contribution in [0.3, 0.4) is 0 Å². The van der Waals surface area contributed by atoms with Crippen molar-refractivity contribution >= 4 is 33.0 Å². The second kappa shape index (κ2) is 7.27. The van der Waals surface area contributed by atoms with Gasteiger partial charge in [0.25, 0.3) is 10.0 Å². The van der Waals surface area contributed by atoms with Crippen molar-refractivity contribution in [1.29, 1.82) is 0 Å². The number of carbonyl (C=O) groups is 1. The third-order valence-corrected chi connectivity index (χ3v) is 7.85. The van der Waals surface area contributed by atoms with Crippen molar-refractivity contribution in [3.05, 3.63) is 47.3 Å². The lowest BCUT2D eigenvalue weighted by Gasteiger charge is -2.33. The first kappa shape index (κ1) is 18.1. The molecule has 0 aliphatic carbocycles. The quantitative estimate of drug-likeness (QED) is 0.821. The Hall–Kier alpha value is -1.70. The van der Waals surface area contributed by atoms with Crippen LogP contribution in [0, 0.1) is 12.8 Å². The lowest BCUT2D eigenvalue weighted by molar-refractivity contribution is -0.123. The first-order valence-corrected chi connectivity index (χ1v) is 10.5. The maximum Gasteiger partial charge on any atom is 0.252 e. The molecule has 0 saturated carbocycles. The summed E-state index contributed by atoms with van der Waals surface area (Å²) in [5.41, 5.74) is 0.821. The van der Waals surface area contributed by atoms with Crippen LogP contribution in [0.25, 0.3) is 0 Å². The van der Waals surface area contributed by atoms with Gasteiger partial charge in [0, 0.05) is 30.7 Å². The van der Waals surface area contributed by atoms with E-state index >= 15 is 0 Å². The minimum absolute atomic E-state index is 0.0338. The van der Waals surface area contributed by atoms with E-state index in [1.807, 2.05) is 43.3 Å². The predicted octanol–water partition coefficient (Wildman–Crippen LogP) is 3.12. The van der Waals surface area contributed by atoms with Gasteiger partial charge in [-0.2, -0.15) is 4.31 Å². The fraction of sp³-hybridized carbons (Fsp3) is 0.389. The number of para-hydroxylation sites is 1. The Labute approximate surface area is 152 Å². The summed E-state index contributed by atoms with van der Waals surface area (Å²) in [5.74, 6) is -0.344. The number of thiophene rings is 1. The highest BCUT2D eigenvalue weighted by atomic mass is 32.2. The van der Waals surface area contributed by atoms with E-state index < -0.39 is 10.0 Å². The second-order valence-corrected chi connectivity index (χ2v) is 9.75. The van der Waals surface area contributed by atoms with Gasteiger partial charge in [-0.15, -0.1) is 11.3 Å². The largest absolute Gasteiger partial charge is 0.315 e. The topological polar surface area (TPSA) is 57.7 Å². The van der Waals surface area contributed by atoms with Crippen LogP contribution in [0.15, 0.2) is 46.7 Å². The van der Waals surface area contributed by atoms with Crippen LogP contribution < -0.4 is 4.90 Å². The van der Waals surface area contributed by atoms with E-state index in [0.717, 1.165) is 10.6 Å². The van der Waals surface area contributed by atoms with Gasteiger partial charge in [-0.25, -0.2) is 8.42 Å². The second-order valence-electron chi connectivity index (χ2n) is 6.30. The number of sulfonamides is 1. The van der Waals surface area contributed by atoms with Crippen molar-refractivity contribution in [2.24, 2.45) is 5.92 Å². The summed E-state index contributed by atoms with van der Waals surface area (Å²) in [4.78, 5) is 15.4. The fourth-order valence-corrected chi connectivity index (χ4v) is 6.05. The average molecular weight is 379 g/mol. The third-order valence-electron chi connectivity index (χ3n) is 4.52. The molecular weight excluding hydrogens is 356 g/mol. The van der Waals surface area contributed by atoms with Crippen LogP contribution in [0.5, 0.6) is 0 Å². The summed E-state index contributed by atoms with van der Waals surface area (Å²) in [7, 11) is -1.77. The van der Waals surface area contributed by atoms with Crippen LogP contribution in [0.1, 0.15) is 17.7 Å². The number of aryl methyl sites for hydroxylation is 1. The van der Waals surface area contributed by atoms with Gasteiger partial charge in [-0.05, 0) is 44.0 Å². The highest BCUT2D eigenvalue weighted by molar-refractivity contribution is 7.91. The molecule has 1 aliphatic heterocycles. The number of hydrogen-bond donors (Lipinski definition) is 0. The van der Waals surface area contributed by atoms with Crippen LogP contribution in [0.4, 0.5) is 5.69 Å². The molecule has 1 amide bonds. The number of hydrogen-bond acceptors (Lipinski definition) is 4. The molecule has 0 radical (unpaired) electrons. The minimum atomic E-state index is -3.52. The van der Waals surface area contributed by atoms with Gasteiger partial charge in [-0.1, -0.05) is 18.2 Å². The molecule has 25 heavy (non-hydrogen) atoms. The molecule has 7 heteroatoms. The van der Waals surface area contributed by atoms with E-state index in [4.69, 9.17) is 0 Å². The van der Waals surface area contributed by atoms with E-state index in [0.29, 0.717) is 23.6 Å². The monoisotopic (exact) mass is 378 g/mol. The Bertz CT molecular complexity index is 846. The van der Waals surface area contributed by atoms with Crippen molar-refractivity contribution in [1.82, 2.24) is 4.31 Å². The Morgan fingerprint density at radius 1 is 1.20 bits per heavy atom. The number of nitrogens with zero attached hydrogens (tertiary/aromatic N) is 2. The molecule has 1 aromatic carbocycles. The van der Waals surface area contributed by atoms with Gasteiger partial charge >= 0.3 is 0 Å². The molecule has 1 fully saturated rings. The third kappa shape index (κ3) is 3.78. The van der Waals surface area contributed by atoms with Crippen molar-refractivity contribution in [3.63, 3.8) is 0 Å². The zero-order valence-electron chi connectivity index (χ0n) is 14.4. The van der Waals surface area contributed by atoms with Gasteiger partial charge in [-0.3, -0.25) is 4.79 Å². The molecule has 0 spiro atoms. The Balaban J connectivity index is 1.76. The molecule has 2 aromatic rings. The first-order chi connectivity index (χ1) is 11.9. The lowest BCUT2D eigenvalue weighted by atomic mass is 9.98. The number of anilines is 1. The van der Waals surface area contributed by atoms with Gasteiger partial charge in [0.15, 0.2) is 0 Å². The zero-order chi connectivity index (χ0) is 18.0.